The molecule has 0 amide bonds. The van der Waals surface area contributed by atoms with Crippen LogP contribution >= 0.6 is 0 Å². The SMILES string of the molecule is Nc1nc(N)c([N+](=O)[O-])c(Cc2ccccc2-c2ccccc2)n1. The first-order valence-corrected chi connectivity index (χ1v) is 7.26. The monoisotopic (exact) mass is 321 g/mol. The Hall–Kier alpha value is -3.48. The van der Waals surface area contributed by atoms with Crippen LogP contribution < -0.4 is 11.5 Å². The third-order valence-corrected chi connectivity index (χ3v) is 3.64. The lowest BCUT2D eigenvalue weighted by Crippen LogP contribution is -2.09. The summed E-state index contributed by atoms with van der Waals surface area (Å²) < 4.78 is 0. The highest BCUT2D eigenvalue weighted by Crippen LogP contribution is 2.30. The van der Waals surface area contributed by atoms with Crippen molar-refractivity contribution >= 4 is 17.5 Å². The van der Waals surface area contributed by atoms with Crippen LogP contribution in [0.5, 0.6) is 0 Å². The number of rotatable bonds is 4. The third-order valence-electron chi connectivity index (χ3n) is 3.64. The quantitative estimate of drug-likeness (QED) is 0.563. The van der Waals surface area contributed by atoms with Gasteiger partial charge in [-0.1, -0.05) is 54.6 Å². The molecule has 0 unspecified atom stereocenters. The van der Waals surface area contributed by atoms with E-state index in [4.69, 9.17) is 11.5 Å². The number of hydrogen-bond donors (Lipinski definition) is 2. The number of nitrogen functional groups attached to an aromatic ring is 2. The van der Waals surface area contributed by atoms with E-state index >= 15 is 0 Å². The lowest BCUT2D eigenvalue weighted by atomic mass is 9.96. The second-order valence-electron chi connectivity index (χ2n) is 5.22. The van der Waals surface area contributed by atoms with Gasteiger partial charge in [-0.2, -0.15) is 4.98 Å². The van der Waals surface area contributed by atoms with E-state index in [-0.39, 0.29) is 29.6 Å². The number of anilines is 2. The number of nitrogens with two attached hydrogens (primary N) is 2. The molecule has 0 saturated heterocycles. The molecule has 0 fully saturated rings. The van der Waals surface area contributed by atoms with Crippen molar-refractivity contribution < 1.29 is 4.92 Å². The Kier molecular flexibility index (Phi) is 4.07. The summed E-state index contributed by atoms with van der Waals surface area (Å²) in [6.07, 6.45) is 0.234. The summed E-state index contributed by atoms with van der Waals surface area (Å²) in [5, 5.41) is 11.3. The molecular weight excluding hydrogens is 306 g/mol. The molecule has 0 atom stereocenters. The van der Waals surface area contributed by atoms with Gasteiger partial charge in [-0.25, -0.2) is 4.98 Å². The molecule has 0 spiro atoms. The maximum atomic E-state index is 11.3. The van der Waals surface area contributed by atoms with Crippen LogP contribution in [-0.2, 0) is 6.42 Å². The number of nitro groups is 1. The van der Waals surface area contributed by atoms with Gasteiger partial charge in [0.2, 0.25) is 11.8 Å². The first kappa shape index (κ1) is 15.4. The summed E-state index contributed by atoms with van der Waals surface area (Å²) >= 11 is 0. The molecule has 7 heteroatoms. The van der Waals surface area contributed by atoms with E-state index in [9.17, 15) is 10.1 Å². The molecule has 1 aromatic heterocycles. The average molecular weight is 321 g/mol. The molecule has 2 aromatic carbocycles. The molecule has 0 saturated carbocycles. The standard InChI is InChI=1S/C17H15N5O2/c18-16-15(22(23)24)14(20-17(19)21-16)10-12-8-4-5-9-13(12)11-6-2-1-3-7-11/h1-9H,10H2,(H4,18,19,20,21). The first-order valence-electron chi connectivity index (χ1n) is 7.26. The zero-order valence-electron chi connectivity index (χ0n) is 12.7. The van der Waals surface area contributed by atoms with Gasteiger partial charge in [0.1, 0.15) is 5.69 Å². The highest BCUT2D eigenvalue weighted by molar-refractivity contribution is 5.68. The Labute approximate surface area is 138 Å². The largest absolute Gasteiger partial charge is 0.378 e. The fraction of sp³-hybridized carbons (Fsp3) is 0.0588. The van der Waals surface area contributed by atoms with Gasteiger partial charge < -0.3 is 11.5 Å². The number of aromatic nitrogens is 2. The average Bonchev–Trinajstić information content (AvgIpc) is 2.55. The van der Waals surface area contributed by atoms with Crippen LogP contribution in [0.3, 0.4) is 0 Å². The second-order valence-corrected chi connectivity index (χ2v) is 5.22. The summed E-state index contributed by atoms with van der Waals surface area (Å²) in [5.74, 6) is -0.301. The summed E-state index contributed by atoms with van der Waals surface area (Å²) in [5.41, 5.74) is 14.1. The van der Waals surface area contributed by atoms with E-state index in [2.05, 4.69) is 9.97 Å². The molecular formula is C17H15N5O2. The lowest BCUT2D eigenvalue weighted by Gasteiger charge is -2.10. The van der Waals surface area contributed by atoms with Crippen molar-refractivity contribution in [2.24, 2.45) is 0 Å². The topological polar surface area (TPSA) is 121 Å². The lowest BCUT2D eigenvalue weighted by molar-refractivity contribution is -0.385. The van der Waals surface area contributed by atoms with Gasteiger partial charge in [0.25, 0.3) is 0 Å². The van der Waals surface area contributed by atoms with Crippen molar-refractivity contribution in [1.29, 1.82) is 0 Å². The second kappa shape index (κ2) is 6.33. The maximum Gasteiger partial charge on any atom is 0.332 e. The summed E-state index contributed by atoms with van der Waals surface area (Å²) in [4.78, 5) is 18.4. The molecule has 4 N–H and O–H groups in total. The molecule has 0 bridgehead atoms. The van der Waals surface area contributed by atoms with Crippen LogP contribution in [0.2, 0.25) is 0 Å². The van der Waals surface area contributed by atoms with E-state index in [1.807, 2.05) is 54.6 Å². The van der Waals surface area contributed by atoms with Gasteiger partial charge >= 0.3 is 5.69 Å². The first-order chi connectivity index (χ1) is 11.6. The molecule has 0 aliphatic heterocycles. The van der Waals surface area contributed by atoms with Crippen molar-refractivity contribution in [3.05, 3.63) is 76.0 Å². The molecule has 7 nitrogen and oxygen atoms in total. The minimum absolute atomic E-state index is 0.0784. The van der Waals surface area contributed by atoms with Gasteiger partial charge in [0.05, 0.1) is 4.92 Å². The molecule has 3 aromatic rings. The number of nitrogens with zero attached hydrogens (tertiary/aromatic N) is 3. The van der Waals surface area contributed by atoms with Gasteiger partial charge in [0, 0.05) is 6.42 Å². The Morgan fingerprint density at radius 2 is 1.62 bits per heavy atom. The molecule has 0 aliphatic rings. The minimum atomic E-state index is -0.574. The molecule has 24 heavy (non-hydrogen) atoms. The normalized spacial score (nSPS) is 10.5. The Bertz CT molecular complexity index is 897. The number of benzene rings is 2. The van der Waals surface area contributed by atoms with Gasteiger partial charge in [-0.05, 0) is 16.7 Å². The Morgan fingerprint density at radius 1 is 0.958 bits per heavy atom. The molecule has 120 valence electrons. The van der Waals surface area contributed by atoms with Gasteiger partial charge in [0.15, 0.2) is 0 Å². The zero-order valence-corrected chi connectivity index (χ0v) is 12.7. The number of hydrogen-bond acceptors (Lipinski definition) is 6. The van der Waals surface area contributed by atoms with Crippen molar-refractivity contribution in [2.75, 3.05) is 11.5 Å². The van der Waals surface area contributed by atoms with Crippen LogP contribution in [0.25, 0.3) is 11.1 Å². The predicted octanol–water partition coefficient (Wildman–Crippen LogP) is 2.81. The summed E-state index contributed by atoms with van der Waals surface area (Å²) in [6, 6.07) is 17.4. The molecule has 3 rings (SSSR count). The smallest absolute Gasteiger partial charge is 0.332 e. The zero-order chi connectivity index (χ0) is 17.1. The maximum absolute atomic E-state index is 11.3. The van der Waals surface area contributed by atoms with Crippen LogP contribution in [0.1, 0.15) is 11.3 Å². The summed E-state index contributed by atoms with van der Waals surface area (Å²) in [6.45, 7) is 0. The van der Waals surface area contributed by atoms with E-state index in [0.717, 1.165) is 16.7 Å². The van der Waals surface area contributed by atoms with Gasteiger partial charge in [-0.15, -0.1) is 0 Å². The molecule has 1 heterocycles. The fourth-order valence-electron chi connectivity index (χ4n) is 2.62. The van der Waals surface area contributed by atoms with E-state index in [0.29, 0.717) is 0 Å². The Morgan fingerprint density at radius 3 is 2.33 bits per heavy atom. The van der Waals surface area contributed by atoms with Gasteiger partial charge in [-0.3, -0.25) is 10.1 Å². The van der Waals surface area contributed by atoms with E-state index in [1.54, 1.807) is 0 Å². The fourth-order valence-corrected chi connectivity index (χ4v) is 2.62. The third kappa shape index (κ3) is 3.00. The van der Waals surface area contributed by atoms with Crippen LogP contribution in [0.15, 0.2) is 54.6 Å². The highest BCUT2D eigenvalue weighted by atomic mass is 16.6. The van der Waals surface area contributed by atoms with Crippen LogP contribution in [0.4, 0.5) is 17.5 Å². The predicted molar refractivity (Wildman–Crippen MR) is 92.2 cm³/mol. The van der Waals surface area contributed by atoms with Crippen molar-refractivity contribution in [3.63, 3.8) is 0 Å². The van der Waals surface area contributed by atoms with Crippen molar-refractivity contribution in [3.8, 4) is 11.1 Å². The minimum Gasteiger partial charge on any atom is -0.378 e. The highest BCUT2D eigenvalue weighted by Gasteiger charge is 2.23. The Balaban J connectivity index is 2.09. The van der Waals surface area contributed by atoms with E-state index in [1.165, 1.54) is 0 Å². The van der Waals surface area contributed by atoms with Crippen LogP contribution in [0, 0.1) is 10.1 Å². The molecule has 0 radical (unpaired) electrons. The summed E-state index contributed by atoms with van der Waals surface area (Å²) in [7, 11) is 0. The molecule has 0 aliphatic carbocycles. The van der Waals surface area contributed by atoms with E-state index < -0.39 is 4.92 Å². The van der Waals surface area contributed by atoms with Crippen LogP contribution in [-0.4, -0.2) is 14.9 Å². The van der Waals surface area contributed by atoms with Crippen molar-refractivity contribution in [1.82, 2.24) is 9.97 Å². The van der Waals surface area contributed by atoms with Crippen molar-refractivity contribution in [2.45, 2.75) is 6.42 Å².